The summed E-state index contributed by atoms with van der Waals surface area (Å²) in [6.07, 6.45) is 0. The van der Waals surface area contributed by atoms with Crippen LogP contribution in [0.1, 0.15) is 16.7 Å². The molecular formula is C24H25N5O3S2. The highest BCUT2D eigenvalue weighted by Crippen LogP contribution is 2.27. The van der Waals surface area contributed by atoms with E-state index in [-0.39, 0.29) is 5.56 Å². The number of piperazine rings is 1. The summed E-state index contributed by atoms with van der Waals surface area (Å²) in [5.41, 5.74) is 3.47. The summed E-state index contributed by atoms with van der Waals surface area (Å²) in [5.74, 6) is 0.549. The minimum atomic E-state index is -3.60. The van der Waals surface area contributed by atoms with Gasteiger partial charge >= 0.3 is 0 Å². The molecule has 10 heteroatoms. The van der Waals surface area contributed by atoms with Crippen LogP contribution in [0.5, 0.6) is 0 Å². The number of fused-ring (bicyclic) bond motifs is 1. The van der Waals surface area contributed by atoms with E-state index in [1.807, 2.05) is 62.1 Å². The van der Waals surface area contributed by atoms with Gasteiger partial charge in [-0.05, 0) is 43.5 Å². The number of rotatable bonds is 4. The van der Waals surface area contributed by atoms with E-state index in [1.54, 1.807) is 6.07 Å². The van der Waals surface area contributed by atoms with Gasteiger partial charge in [-0.25, -0.2) is 13.4 Å². The molecule has 34 heavy (non-hydrogen) atoms. The Hall–Kier alpha value is -3.08. The fourth-order valence-electron chi connectivity index (χ4n) is 4.17. The number of aryl methyl sites for hydroxylation is 3. The lowest BCUT2D eigenvalue weighted by Crippen LogP contribution is -2.49. The van der Waals surface area contributed by atoms with Crippen molar-refractivity contribution >= 4 is 32.1 Å². The molecule has 1 fully saturated rings. The van der Waals surface area contributed by atoms with Crippen LogP contribution in [0, 0.1) is 20.8 Å². The maximum absolute atomic E-state index is 13.3. The summed E-state index contributed by atoms with van der Waals surface area (Å²) < 4.78 is 29.5. The minimum Gasteiger partial charge on any atom is -0.354 e. The van der Waals surface area contributed by atoms with Crippen molar-refractivity contribution in [3.8, 4) is 10.6 Å². The standard InChI is InChI=1S/C24H25N5O3S2/c1-16-13-18(3)20(14-17(16)2)34(31,32)28-11-9-27(10-12-28)21-15-22(30)29-24(25-21)33-23(26-29)19-7-5-4-6-8-19/h4-8,13-15H,9-12H2,1-3H3. The number of nitrogens with zero attached hydrogens (tertiary/aromatic N) is 5. The molecule has 0 aliphatic carbocycles. The van der Waals surface area contributed by atoms with E-state index in [4.69, 9.17) is 0 Å². The Labute approximate surface area is 202 Å². The van der Waals surface area contributed by atoms with Gasteiger partial charge in [-0.2, -0.15) is 13.9 Å². The third kappa shape index (κ3) is 4.02. The van der Waals surface area contributed by atoms with Gasteiger partial charge in [0.1, 0.15) is 10.8 Å². The van der Waals surface area contributed by atoms with E-state index >= 15 is 0 Å². The van der Waals surface area contributed by atoms with Crippen molar-refractivity contribution in [3.05, 3.63) is 75.6 Å². The van der Waals surface area contributed by atoms with E-state index in [0.717, 1.165) is 27.3 Å². The molecule has 4 aromatic rings. The summed E-state index contributed by atoms with van der Waals surface area (Å²) in [7, 11) is -3.60. The van der Waals surface area contributed by atoms with Crippen molar-refractivity contribution in [1.29, 1.82) is 0 Å². The molecule has 0 amide bonds. The lowest BCUT2D eigenvalue weighted by molar-refractivity contribution is 0.383. The molecule has 1 aliphatic heterocycles. The summed E-state index contributed by atoms with van der Waals surface area (Å²) in [6, 6.07) is 14.8. The van der Waals surface area contributed by atoms with Crippen LogP contribution in [0.2, 0.25) is 0 Å². The Kier molecular flexibility index (Phi) is 5.75. The molecule has 176 valence electrons. The maximum Gasteiger partial charge on any atom is 0.277 e. The number of sulfonamides is 1. The fraction of sp³-hybridized carbons (Fsp3) is 0.292. The fourth-order valence-corrected chi connectivity index (χ4v) is 6.79. The molecule has 5 rings (SSSR count). The zero-order valence-corrected chi connectivity index (χ0v) is 20.9. The molecule has 0 saturated carbocycles. The minimum absolute atomic E-state index is 0.251. The van der Waals surface area contributed by atoms with Crippen molar-refractivity contribution in [3.63, 3.8) is 0 Å². The van der Waals surface area contributed by atoms with Crippen LogP contribution in [0.15, 0.2) is 58.2 Å². The van der Waals surface area contributed by atoms with Crippen LogP contribution >= 0.6 is 11.3 Å². The highest BCUT2D eigenvalue weighted by molar-refractivity contribution is 7.89. The second-order valence-electron chi connectivity index (χ2n) is 8.51. The predicted molar refractivity (Wildman–Crippen MR) is 134 cm³/mol. The summed E-state index contributed by atoms with van der Waals surface area (Å²) in [5, 5.41) is 5.15. The van der Waals surface area contributed by atoms with E-state index in [2.05, 4.69) is 10.1 Å². The van der Waals surface area contributed by atoms with Gasteiger partial charge < -0.3 is 4.90 Å². The third-order valence-electron chi connectivity index (χ3n) is 6.22. The SMILES string of the molecule is Cc1cc(C)c(S(=O)(=O)N2CCN(c3cc(=O)n4nc(-c5ccccc5)sc4n3)CC2)cc1C. The van der Waals surface area contributed by atoms with Gasteiger partial charge in [-0.15, -0.1) is 0 Å². The molecule has 0 unspecified atom stereocenters. The van der Waals surface area contributed by atoms with E-state index in [1.165, 1.54) is 26.2 Å². The summed E-state index contributed by atoms with van der Waals surface area (Å²) in [4.78, 5) is 20.2. The highest BCUT2D eigenvalue weighted by atomic mass is 32.2. The second-order valence-corrected chi connectivity index (χ2v) is 11.4. The summed E-state index contributed by atoms with van der Waals surface area (Å²) in [6.45, 7) is 7.30. The smallest absolute Gasteiger partial charge is 0.277 e. The monoisotopic (exact) mass is 495 g/mol. The van der Waals surface area contributed by atoms with Crippen LogP contribution in [0.4, 0.5) is 5.82 Å². The maximum atomic E-state index is 13.3. The van der Waals surface area contributed by atoms with Crippen LogP contribution in [-0.4, -0.2) is 53.5 Å². The van der Waals surface area contributed by atoms with Gasteiger partial charge in [0.05, 0.1) is 4.90 Å². The third-order valence-corrected chi connectivity index (χ3v) is 9.22. The molecular weight excluding hydrogens is 470 g/mol. The summed E-state index contributed by atoms with van der Waals surface area (Å²) >= 11 is 1.36. The Balaban J connectivity index is 1.38. The Morgan fingerprint density at radius 2 is 1.56 bits per heavy atom. The molecule has 0 spiro atoms. The predicted octanol–water partition coefficient (Wildman–Crippen LogP) is 3.25. The first kappa shape index (κ1) is 22.7. The second kappa shape index (κ2) is 8.61. The van der Waals surface area contributed by atoms with Gasteiger partial charge in [0.2, 0.25) is 15.0 Å². The van der Waals surface area contributed by atoms with E-state index < -0.39 is 10.0 Å². The quantitative estimate of drug-likeness (QED) is 0.432. The van der Waals surface area contributed by atoms with Gasteiger partial charge in [-0.1, -0.05) is 47.7 Å². The molecule has 1 aliphatic rings. The molecule has 0 bridgehead atoms. The number of hydrogen-bond donors (Lipinski definition) is 0. The molecule has 2 aromatic heterocycles. The van der Waals surface area contributed by atoms with Crippen molar-refractivity contribution in [2.45, 2.75) is 25.7 Å². The number of hydrogen-bond acceptors (Lipinski definition) is 7. The van der Waals surface area contributed by atoms with Gasteiger partial charge in [0.15, 0.2) is 0 Å². The topological polar surface area (TPSA) is 87.9 Å². The van der Waals surface area contributed by atoms with Crippen molar-refractivity contribution in [2.75, 3.05) is 31.1 Å². The van der Waals surface area contributed by atoms with Crippen LogP contribution in [-0.2, 0) is 10.0 Å². The number of anilines is 1. The largest absolute Gasteiger partial charge is 0.354 e. The first-order valence-electron chi connectivity index (χ1n) is 11.0. The van der Waals surface area contributed by atoms with Gasteiger partial charge in [0, 0.05) is 37.8 Å². The lowest BCUT2D eigenvalue weighted by atomic mass is 10.1. The molecule has 0 atom stereocenters. The highest BCUT2D eigenvalue weighted by Gasteiger charge is 2.30. The molecule has 1 saturated heterocycles. The molecule has 2 aromatic carbocycles. The molecule has 0 N–H and O–H groups in total. The van der Waals surface area contributed by atoms with Crippen LogP contribution in [0.3, 0.4) is 0 Å². The van der Waals surface area contributed by atoms with E-state index in [9.17, 15) is 13.2 Å². The first-order valence-corrected chi connectivity index (χ1v) is 13.3. The van der Waals surface area contributed by atoms with Gasteiger partial charge in [-0.3, -0.25) is 4.79 Å². The van der Waals surface area contributed by atoms with Crippen LogP contribution < -0.4 is 10.5 Å². The molecule has 3 heterocycles. The van der Waals surface area contributed by atoms with Crippen molar-refractivity contribution in [1.82, 2.24) is 18.9 Å². The average Bonchev–Trinajstić information content (AvgIpc) is 3.27. The van der Waals surface area contributed by atoms with E-state index in [0.29, 0.717) is 41.9 Å². The molecule has 0 radical (unpaired) electrons. The Bertz CT molecular complexity index is 1540. The molecule has 8 nitrogen and oxygen atoms in total. The lowest BCUT2D eigenvalue weighted by Gasteiger charge is -2.34. The average molecular weight is 496 g/mol. The van der Waals surface area contributed by atoms with Crippen LogP contribution in [0.25, 0.3) is 15.5 Å². The first-order chi connectivity index (χ1) is 16.2. The zero-order chi connectivity index (χ0) is 24.0. The zero-order valence-electron chi connectivity index (χ0n) is 19.2. The Morgan fingerprint density at radius 3 is 2.26 bits per heavy atom. The number of aromatic nitrogens is 3. The Morgan fingerprint density at radius 1 is 0.882 bits per heavy atom. The van der Waals surface area contributed by atoms with Crippen molar-refractivity contribution < 1.29 is 8.42 Å². The van der Waals surface area contributed by atoms with Crippen molar-refractivity contribution in [2.24, 2.45) is 0 Å². The number of benzene rings is 2. The normalized spacial score (nSPS) is 15.2. The van der Waals surface area contributed by atoms with Gasteiger partial charge in [0.25, 0.3) is 5.56 Å².